The molecule has 2 rings (SSSR count). The molecule has 2 aromatic carbocycles. The maximum Gasteiger partial charge on any atom is 0.275 e. The molecular weight excluding hydrogens is 272 g/mol. The minimum absolute atomic E-state index is 0.0336. The van der Waals surface area contributed by atoms with Gasteiger partial charge in [-0.15, -0.1) is 0 Å². The highest BCUT2D eigenvalue weighted by atomic mass is 16.6. The van der Waals surface area contributed by atoms with Crippen molar-refractivity contribution in [1.29, 1.82) is 0 Å². The van der Waals surface area contributed by atoms with Crippen LogP contribution in [-0.4, -0.2) is 23.7 Å². The quantitative estimate of drug-likeness (QED) is 0.630. The number of aliphatic hydroxyl groups is 1. The Hall–Kier alpha value is -2.60. The van der Waals surface area contributed by atoms with Gasteiger partial charge in [-0.2, -0.15) is 0 Å². The fourth-order valence-corrected chi connectivity index (χ4v) is 1.88. The van der Waals surface area contributed by atoms with Crippen molar-refractivity contribution in [1.82, 2.24) is 0 Å². The van der Waals surface area contributed by atoms with Gasteiger partial charge in [-0.25, -0.2) is 0 Å². The van der Waals surface area contributed by atoms with Gasteiger partial charge in [0.25, 0.3) is 5.69 Å². The number of nitrogens with one attached hydrogen (secondary N) is 1. The third kappa shape index (κ3) is 3.93. The Labute approximate surface area is 122 Å². The molecule has 110 valence electrons. The van der Waals surface area contributed by atoms with Gasteiger partial charge in [-0.1, -0.05) is 12.1 Å². The van der Waals surface area contributed by atoms with Crippen LogP contribution in [0, 0.1) is 10.1 Å². The van der Waals surface area contributed by atoms with Gasteiger partial charge < -0.3 is 15.2 Å². The highest BCUT2D eigenvalue weighted by Crippen LogP contribution is 2.29. The van der Waals surface area contributed by atoms with E-state index in [2.05, 4.69) is 5.32 Å². The zero-order valence-corrected chi connectivity index (χ0v) is 11.6. The van der Waals surface area contributed by atoms with Gasteiger partial charge in [0, 0.05) is 31.5 Å². The van der Waals surface area contributed by atoms with Gasteiger partial charge in [0.2, 0.25) is 0 Å². The molecule has 0 saturated carbocycles. The Morgan fingerprint density at radius 1 is 1.19 bits per heavy atom. The molecule has 21 heavy (non-hydrogen) atoms. The van der Waals surface area contributed by atoms with E-state index in [1.807, 2.05) is 12.1 Å². The molecule has 0 atom stereocenters. The van der Waals surface area contributed by atoms with Gasteiger partial charge in [-0.3, -0.25) is 10.1 Å². The number of benzene rings is 2. The average molecular weight is 288 g/mol. The van der Waals surface area contributed by atoms with E-state index >= 15 is 0 Å². The molecule has 0 spiro atoms. The summed E-state index contributed by atoms with van der Waals surface area (Å²) in [6, 6.07) is 11.7. The maximum absolute atomic E-state index is 10.9. The number of nitro groups is 1. The molecule has 0 heterocycles. The lowest BCUT2D eigenvalue weighted by Crippen LogP contribution is -1.95. The first-order chi connectivity index (χ1) is 10.1. The fourth-order valence-electron chi connectivity index (χ4n) is 1.88. The van der Waals surface area contributed by atoms with Crippen molar-refractivity contribution in [3.63, 3.8) is 0 Å². The third-order valence-corrected chi connectivity index (χ3v) is 2.95. The number of non-ortho nitro benzene ring substituents is 1. The van der Waals surface area contributed by atoms with E-state index in [1.54, 1.807) is 25.2 Å². The van der Waals surface area contributed by atoms with Gasteiger partial charge in [-0.05, 0) is 24.1 Å². The monoisotopic (exact) mass is 288 g/mol. The van der Waals surface area contributed by atoms with Crippen LogP contribution < -0.4 is 10.1 Å². The summed E-state index contributed by atoms with van der Waals surface area (Å²) in [6.45, 7) is 0.0939. The Bertz CT molecular complexity index is 626. The molecule has 2 aromatic rings. The Morgan fingerprint density at radius 2 is 1.90 bits per heavy atom. The zero-order valence-electron chi connectivity index (χ0n) is 11.6. The smallest absolute Gasteiger partial charge is 0.275 e. The number of nitro benzene ring substituents is 1. The lowest BCUT2D eigenvalue weighted by atomic mass is 10.1. The van der Waals surface area contributed by atoms with E-state index in [0.29, 0.717) is 23.6 Å². The molecule has 6 nitrogen and oxygen atoms in total. The molecule has 0 amide bonds. The standard InChI is InChI=1S/C15H16N2O4/c1-16-12-8-13(17(19)20)10-15(9-12)21-14-4-2-11(3-5-14)6-7-18/h2-5,8-10,16,18H,6-7H2,1H3. The van der Waals surface area contributed by atoms with Crippen LogP contribution >= 0.6 is 0 Å². The SMILES string of the molecule is CNc1cc(Oc2ccc(CCO)cc2)cc([N+](=O)[O-])c1. The second-order valence-electron chi connectivity index (χ2n) is 4.44. The van der Waals surface area contributed by atoms with Crippen molar-refractivity contribution in [3.05, 3.63) is 58.1 Å². The largest absolute Gasteiger partial charge is 0.457 e. The van der Waals surface area contributed by atoms with Crippen LogP contribution in [0.4, 0.5) is 11.4 Å². The predicted molar refractivity (Wildman–Crippen MR) is 79.9 cm³/mol. The molecule has 0 fully saturated rings. The van der Waals surface area contributed by atoms with Crippen molar-refractivity contribution >= 4 is 11.4 Å². The first kappa shape index (κ1) is 14.8. The highest BCUT2D eigenvalue weighted by molar-refractivity contribution is 5.56. The first-order valence-electron chi connectivity index (χ1n) is 6.47. The fraction of sp³-hybridized carbons (Fsp3) is 0.200. The van der Waals surface area contributed by atoms with Crippen LogP contribution in [0.25, 0.3) is 0 Å². The van der Waals surface area contributed by atoms with Crippen molar-refractivity contribution in [3.8, 4) is 11.5 Å². The summed E-state index contributed by atoms with van der Waals surface area (Å²) in [6.07, 6.45) is 0.584. The van der Waals surface area contributed by atoms with Crippen LogP contribution in [0.5, 0.6) is 11.5 Å². The normalized spacial score (nSPS) is 10.2. The summed E-state index contributed by atoms with van der Waals surface area (Å²) in [5.41, 5.74) is 1.57. The van der Waals surface area contributed by atoms with Crippen molar-refractivity contribution in [2.45, 2.75) is 6.42 Å². The maximum atomic E-state index is 10.9. The average Bonchev–Trinajstić information content (AvgIpc) is 2.49. The summed E-state index contributed by atoms with van der Waals surface area (Å²) in [7, 11) is 1.69. The van der Waals surface area contributed by atoms with Gasteiger partial charge in [0.05, 0.1) is 11.0 Å². The van der Waals surface area contributed by atoms with E-state index in [1.165, 1.54) is 12.1 Å². The molecule has 0 aliphatic heterocycles. The number of rotatable bonds is 6. The predicted octanol–water partition coefficient (Wildman–Crippen LogP) is 2.96. The first-order valence-corrected chi connectivity index (χ1v) is 6.47. The molecule has 2 N–H and O–H groups in total. The van der Waals surface area contributed by atoms with E-state index in [9.17, 15) is 10.1 Å². The van der Waals surface area contributed by atoms with Crippen LogP contribution in [0.15, 0.2) is 42.5 Å². The Morgan fingerprint density at radius 3 is 2.48 bits per heavy atom. The minimum Gasteiger partial charge on any atom is -0.457 e. The summed E-state index contributed by atoms with van der Waals surface area (Å²) in [5, 5.41) is 22.6. The Kier molecular flexibility index (Phi) is 4.73. The molecule has 0 unspecified atom stereocenters. The lowest BCUT2D eigenvalue weighted by Gasteiger charge is -2.08. The van der Waals surface area contributed by atoms with Gasteiger partial charge in [0.1, 0.15) is 11.5 Å². The Balaban J connectivity index is 2.21. The molecule has 0 aliphatic rings. The summed E-state index contributed by atoms with van der Waals surface area (Å²) in [4.78, 5) is 10.4. The summed E-state index contributed by atoms with van der Waals surface area (Å²) < 4.78 is 5.64. The topological polar surface area (TPSA) is 84.6 Å². The molecule has 0 aliphatic carbocycles. The van der Waals surface area contributed by atoms with Crippen LogP contribution in [-0.2, 0) is 6.42 Å². The molecule has 0 bridgehead atoms. The zero-order chi connectivity index (χ0) is 15.2. The molecule has 0 aromatic heterocycles. The van der Waals surface area contributed by atoms with Crippen molar-refractivity contribution in [2.75, 3.05) is 19.0 Å². The van der Waals surface area contributed by atoms with E-state index in [0.717, 1.165) is 5.56 Å². The van der Waals surface area contributed by atoms with Crippen LogP contribution in [0.2, 0.25) is 0 Å². The number of hydrogen-bond acceptors (Lipinski definition) is 5. The molecule has 6 heteroatoms. The number of ether oxygens (including phenoxy) is 1. The van der Waals surface area contributed by atoms with Gasteiger partial charge >= 0.3 is 0 Å². The van der Waals surface area contributed by atoms with Crippen molar-refractivity contribution in [2.24, 2.45) is 0 Å². The van der Waals surface area contributed by atoms with E-state index in [-0.39, 0.29) is 12.3 Å². The minimum atomic E-state index is -0.460. The van der Waals surface area contributed by atoms with Crippen molar-refractivity contribution < 1.29 is 14.8 Å². The second kappa shape index (κ2) is 6.71. The van der Waals surface area contributed by atoms with E-state index in [4.69, 9.17) is 9.84 Å². The lowest BCUT2D eigenvalue weighted by molar-refractivity contribution is -0.384. The number of hydrogen-bond donors (Lipinski definition) is 2. The van der Waals surface area contributed by atoms with E-state index < -0.39 is 4.92 Å². The van der Waals surface area contributed by atoms with Crippen LogP contribution in [0.3, 0.4) is 0 Å². The second-order valence-corrected chi connectivity index (χ2v) is 4.44. The number of anilines is 1. The molecule has 0 radical (unpaired) electrons. The van der Waals surface area contributed by atoms with Gasteiger partial charge in [0.15, 0.2) is 0 Å². The highest BCUT2D eigenvalue weighted by Gasteiger charge is 2.10. The molecular formula is C15H16N2O4. The number of aliphatic hydroxyl groups excluding tert-OH is 1. The third-order valence-electron chi connectivity index (χ3n) is 2.95. The molecule has 0 saturated heterocycles. The summed E-state index contributed by atoms with van der Waals surface area (Å²) in [5.74, 6) is 0.975. The van der Waals surface area contributed by atoms with Crippen LogP contribution in [0.1, 0.15) is 5.56 Å². The number of nitrogens with zero attached hydrogens (tertiary/aromatic N) is 1. The summed E-state index contributed by atoms with van der Waals surface area (Å²) >= 11 is 0.